The molecule has 1 aromatic carbocycles. The molecule has 15 rings (SSSR count). The lowest BCUT2D eigenvalue weighted by molar-refractivity contribution is 0.0936. The van der Waals surface area contributed by atoms with Crippen molar-refractivity contribution in [3.8, 4) is 0 Å². The maximum absolute atomic E-state index is 7.68. The van der Waals surface area contributed by atoms with E-state index in [2.05, 4.69) is 149 Å². The van der Waals surface area contributed by atoms with E-state index in [9.17, 15) is 0 Å². The molecule has 1 aromatic rings. The van der Waals surface area contributed by atoms with Gasteiger partial charge in [0.1, 0.15) is 18.2 Å². The van der Waals surface area contributed by atoms with E-state index in [0.717, 1.165) is 47.7 Å². The van der Waals surface area contributed by atoms with Gasteiger partial charge in [0.15, 0.2) is 0 Å². The van der Waals surface area contributed by atoms with Gasteiger partial charge in [0, 0.05) is 50.9 Å². The van der Waals surface area contributed by atoms with Gasteiger partial charge in [0.2, 0.25) is 0 Å². The first-order chi connectivity index (χ1) is 35.9. The number of nitrogens with two attached hydrogens (primary N) is 1. The highest BCUT2D eigenvalue weighted by Crippen LogP contribution is 2.60. The topological polar surface area (TPSA) is 68.9 Å². The van der Waals surface area contributed by atoms with Crippen LogP contribution < -0.4 is 16.4 Å². The van der Waals surface area contributed by atoms with Gasteiger partial charge in [0.25, 0.3) is 0 Å². The Morgan fingerprint density at radius 3 is 2.52 bits per heavy atom. The number of rotatable bonds is 6. The quantitative estimate of drug-likeness (QED) is 0.247. The number of amidine groups is 1. The van der Waals surface area contributed by atoms with E-state index in [4.69, 9.17) is 10.7 Å². The Labute approximate surface area is 441 Å². The van der Waals surface area contributed by atoms with Crippen LogP contribution in [0.2, 0.25) is 0 Å². The summed E-state index contributed by atoms with van der Waals surface area (Å²) in [4.78, 5) is 11.7. The third-order valence-electron chi connectivity index (χ3n) is 21.6. The van der Waals surface area contributed by atoms with Crippen molar-refractivity contribution >= 4 is 17.6 Å². The number of allylic oxidation sites excluding steroid dienone is 11. The largest absolute Gasteiger partial charge is 0.401 e. The molecule has 0 bridgehead atoms. The van der Waals surface area contributed by atoms with Crippen molar-refractivity contribution in [3.63, 3.8) is 0 Å². The predicted molar refractivity (Wildman–Crippen MR) is 301 cm³/mol. The second-order valence-corrected chi connectivity index (χ2v) is 26.9. The van der Waals surface area contributed by atoms with Crippen molar-refractivity contribution in [2.75, 3.05) is 0 Å². The number of nitrogens with one attached hydrogen (secondary N) is 2. The van der Waals surface area contributed by atoms with Gasteiger partial charge in [-0.15, -0.1) is 0 Å². The standard InChI is InChI=1S/C66H80N6S/c1-66(2)52-24-12-8-19-44(52)45-31-30-42(38-53(45)66)71-56-26-14-10-23-50(56)61-58(71)34-32-48-46-20-9-13-25-55(46)72(62(48)61)57-33-28-41(37-54(57)67)64-68-63(40-29-35-60-51(36-40)47-21-11-15-27-59(47)73-60)69-65(70-64)49-22-7-6-18-43(49)39-16-4-3-5-17-39/h6-7,11-13,18,21-22,24-25,28-32,34,37,39,42,46-48,51,55,57-63,65,69H,3-5,8-10,14-17,19-20,23,26-27,33,35-36,38,67H2,1-2H3,(H,68,70). The molecule has 0 spiro atoms. The Morgan fingerprint density at radius 2 is 1.62 bits per heavy atom. The Kier molecular flexibility index (Phi) is 11.5. The molecule has 3 fully saturated rings. The van der Waals surface area contributed by atoms with Crippen molar-refractivity contribution in [2.45, 2.75) is 195 Å². The van der Waals surface area contributed by atoms with Crippen molar-refractivity contribution in [3.05, 3.63) is 165 Å². The van der Waals surface area contributed by atoms with Gasteiger partial charge in [0.05, 0.1) is 18.1 Å². The second kappa shape index (κ2) is 18.2. The second-order valence-electron chi connectivity index (χ2n) is 25.5. The summed E-state index contributed by atoms with van der Waals surface area (Å²) in [5.74, 6) is 4.70. The van der Waals surface area contributed by atoms with Crippen LogP contribution in [0.1, 0.15) is 159 Å². The van der Waals surface area contributed by atoms with Crippen LogP contribution in [0.25, 0.3) is 0 Å². The zero-order chi connectivity index (χ0) is 48.5. The van der Waals surface area contributed by atoms with Gasteiger partial charge in [-0.05, 0) is 177 Å². The molecule has 0 amide bonds. The molecule has 380 valence electrons. The summed E-state index contributed by atoms with van der Waals surface area (Å²) >= 11 is 2.29. The number of nitrogens with zero attached hydrogens (tertiary/aromatic N) is 3. The molecule has 0 radical (unpaired) electrons. The van der Waals surface area contributed by atoms with Crippen LogP contribution >= 0.6 is 11.8 Å². The van der Waals surface area contributed by atoms with Crippen molar-refractivity contribution in [2.24, 2.45) is 45.7 Å². The van der Waals surface area contributed by atoms with Gasteiger partial charge < -0.3 is 16.0 Å². The Hall–Kier alpha value is -4.30. The summed E-state index contributed by atoms with van der Waals surface area (Å²) in [7, 11) is 0. The highest BCUT2D eigenvalue weighted by atomic mass is 32.2. The lowest BCUT2D eigenvalue weighted by Gasteiger charge is -2.46. The molecule has 14 aliphatic rings. The first-order valence-corrected chi connectivity index (χ1v) is 30.6. The van der Waals surface area contributed by atoms with Crippen LogP contribution in [-0.4, -0.2) is 62.5 Å². The van der Waals surface area contributed by atoms with Crippen LogP contribution in [-0.2, 0) is 0 Å². The molecule has 1 saturated carbocycles. The van der Waals surface area contributed by atoms with Gasteiger partial charge in [-0.2, -0.15) is 11.8 Å². The third-order valence-corrected chi connectivity index (χ3v) is 23.4. The molecule has 4 heterocycles. The van der Waals surface area contributed by atoms with Crippen LogP contribution in [0.4, 0.5) is 0 Å². The van der Waals surface area contributed by atoms with Crippen molar-refractivity contribution in [1.82, 2.24) is 20.4 Å². The molecule has 14 unspecified atom stereocenters. The molecule has 6 nitrogen and oxygen atoms in total. The molecular weight excluding hydrogens is 909 g/mol. The first kappa shape index (κ1) is 46.0. The maximum Gasteiger partial charge on any atom is 0.131 e. The predicted octanol–water partition coefficient (Wildman–Crippen LogP) is 13.6. The van der Waals surface area contributed by atoms with E-state index in [1.807, 2.05) is 0 Å². The average Bonchev–Trinajstić information content (AvgIpc) is 4.16. The number of benzene rings is 1. The Balaban J connectivity index is 0.748. The van der Waals surface area contributed by atoms with Crippen molar-refractivity contribution < 1.29 is 0 Å². The van der Waals surface area contributed by atoms with Crippen LogP contribution in [0, 0.1) is 35.0 Å². The van der Waals surface area contributed by atoms with Gasteiger partial charge in [-0.3, -0.25) is 10.2 Å². The number of hydrogen-bond acceptors (Lipinski definition) is 7. The van der Waals surface area contributed by atoms with Gasteiger partial charge in [-0.1, -0.05) is 136 Å². The van der Waals surface area contributed by atoms with E-state index in [1.165, 1.54) is 119 Å². The summed E-state index contributed by atoms with van der Waals surface area (Å²) in [5.41, 5.74) is 24.4. The summed E-state index contributed by atoms with van der Waals surface area (Å²) in [6, 6.07) is 11.2. The lowest BCUT2D eigenvalue weighted by atomic mass is 9.70. The van der Waals surface area contributed by atoms with E-state index in [-0.39, 0.29) is 23.8 Å². The minimum Gasteiger partial charge on any atom is -0.401 e. The number of fused-ring (bicyclic) bond motifs is 10. The smallest absolute Gasteiger partial charge is 0.131 e. The fourth-order valence-corrected chi connectivity index (χ4v) is 20.2. The molecule has 4 aliphatic heterocycles. The Bertz CT molecular complexity index is 2830. The fourth-order valence-electron chi connectivity index (χ4n) is 18.3. The summed E-state index contributed by atoms with van der Waals surface area (Å²) in [6.07, 6.45) is 56.6. The van der Waals surface area contributed by atoms with E-state index < -0.39 is 0 Å². The Morgan fingerprint density at radius 1 is 0.753 bits per heavy atom. The van der Waals surface area contributed by atoms with Crippen LogP contribution in [0.5, 0.6) is 0 Å². The molecule has 7 heteroatoms. The molecule has 2 saturated heterocycles. The summed E-state index contributed by atoms with van der Waals surface area (Å²) in [6.45, 7) is 5.02. The van der Waals surface area contributed by atoms with Gasteiger partial charge in [-0.25, -0.2) is 4.99 Å². The fraction of sp³-hybridized carbons (Fsp3) is 0.561. The number of hydrogen-bond donors (Lipinski definition) is 3. The third kappa shape index (κ3) is 7.40. The zero-order valence-electron chi connectivity index (χ0n) is 43.7. The zero-order valence-corrected chi connectivity index (χ0v) is 44.6. The molecular formula is C66H80N6S. The number of thioether (sulfide) groups is 1. The molecule has 0 aromatic heterocycles. The van der Waals surface area contributed by atoms with E-state index in [0.29, 0.717) is 59.7 Å². The first-order valence-electron chi connectivity index (χ1n) is 29.7. The summed E-state index contributed by atoms with van der Waals surface area (Å²) in [5, 5.41) is 9.74. The highest BCUT2D eigenvalue weighted by molar-refractivity contribution is 8.00. The average molecular weight is 989 g/mol. The van der Waals surface area contributed by atoms with Gasteiger partial charge >= 0.3 is 0 Å². The molecule has 4 N–H and O–H groups in total. The monoisotopic (exact) mass is 989 g/mol. The SMILES string of the molecule is CC1(C)C2=C(CCC=C2)C2=C1CC(N1C3=C(CCCC3)C3C1C=CC1C4CCC=CC4N(C4CC=C(C5=NC(C6=CCC7SC8CCC=CC8C7C6)NC(c6ccccc6C6CCCCC6)N5)C=C4N)C13)C=C2. The van der Waals surface area contributed by atoms with E-state index >= 15 is 0 Å². The normalized spacial score (nSPS) is 40.2. The summed E-state index contributed by atoms with van der Waals surface area (Å²) < 4.78 is 0. The highest BCUT2D eigenvalue weighted by Gasteiger charge is 2.60. The molecule has 14 atom stereocenters. The maximum atomic E-state index is 7.68. The minimum absolute atomic E-state index is 0.0235. The molecule has 10 aliphatic carbocycles. The molecule has 73 heavy (non-hydrogen) atoms. The van der Waals surface area contributed by atoms with Crippen molar-refractivity contribution in [1.29, 1.82) is 0 Å². The van der Waals surface area contributed by atoms with E-state index in [1.54, 1.807) is 33.6 Å². The lowest BCUT2D eigenvalue weighted by Crippen LogP contribution is -2.55. The number of likely N-dealkylation sites (tertiary alicyclic amines) is 1. The number of aliphatic imine (C=N–C) groups is 1. The van der Waals surface area contributed by atoms with Crippen LogP contribution in [0.3, 0.4) is 0 Å². The minimum atomic E-state index is -0.0618. The van der Waals surface area contributed by atoms with Crippen LogP contribution in [0.15, 0.2) is 159 Å².